The number of nitrogens with one attached hydrogen (secondary N) is 1. The molecule has 0 radical (unpaired) electrons. The monoisotopic (exact) mass is 266 g/mol. The van der Waals surface area contributed by atoms with E-state index in [4.69, 9.17) is 4.74 Å². The molecule has 3 aliphatic rings. The predicted octanol–water partition coefficient (Wildman–Crippen LogP) is 2.41. The van der Waals surface area contributed by atoms with Crippen LogP contribution < -0.4 is 5.32 Å². The molecule has 0 aromatic rings. The van der Waals surface area contributed by atoms with Crippen molar-refractivity contribution in [3.63, 3.8) is 0 Å². The van der Waals surface area contributed by atoms with Crippen LogP contribution in [0.15, 0.2) is 0 Å². The van der Waals surface area contributed by atoms with Crippen molar-refractivity contribution < 1.29 is 4.74 Å². The topological polar surface area (TPSA) is 24.5 Å². The zero-order valence-electron chi connectivity index (χ0n) is 12.3. The molecule has 3 fully saturated rings. The van der Waals surface area contributed by atoms with Gasteiger partial charge in [0.15, 0.2) is 0 Å². The zero-order valence-corrected chi connectivity index (χ0v) is 12.3. The summed E-state index contributed by atoms with van der Waals surface area (Å²) in [5.41, 5.74) is 0. The Morgan fingerprint density at radius 2 is 1.84 bits per heavy atom. The van der Waals surface area contributed by atoms with Crippen LogP contribution in [0.25, 0.3) is 0 Å². The Labute approximate surface area is 118 Å². The lowest BCUT2D eigenvalue weighted by atomic mass is 9.98. The molecule has 0 aromatic heterocycles. The van der Waals surface area contributed by atoms with Gasteiger partial charge in [-0.15, -0.1) is 0 Å². The minimum Gasteiger partial charge on any atom is -0.377 e. The van der Waals surface area contributed by atoms with Gasteiger partial charge in [0.1, 0.15) is 0 Å². The van der Waals surface area contributed by atoms with Gasteiger partial charge in [0, 0.05) is 19.1 Å². The van der Waals surface area contributed by atoms with Crippen LogP contribution in [0.5, 0.6) is 0 Å². The minimum absolute atomic E-state index is 0.568. The molecule has 1 unspecified atom stereocenters. The second kappa shape index (κ2) is 7.05. The van der Waals surface area contributed by atoms with Gasteiger partial charge in [0.05, 0.1) is 12.7 Å². The summed E-state index contributed by atoms with van der Waals surface area (Å²) in [6.07, 6.45) is 11.5. The fraction of sp³-hybridized carbons (Fsp3) is 1.00. The molecular formula is C16H30N2O. The maximum atomic E-state index is 6.08. The highest BCUT2D eigenvalue weighted by atomic mass is 16.5. The van der Waals surface area contributed by atoms with Crippen molar-refractivity contribution in [3.8, 4) is 0 Å². The number of ether oxygens (including phenoxy) is 1. The van der Waals surface area contributed by atoms with Crippen LogP contribution in [0.1, 0.15) is 51.4 Å². The molecule has 1 atom stereocenters. The van der Waals surface area contributed by atoms with Crippen LogP contribution in [-0.2, 0) is 4.74 Å². The quantitative estimate of drug-likeness (QED) is 0.827. The van der Waals surface area contributed by atoms with Crippen LogP contribution in [0.4, 0.5) is 0 Å². The van der Waals surface area contributed by atoms with E-state index in [0.29, 0.717) is 6.10 Å². The predicted molar refractivity (Wildman–Crippen MR) is 78.4 cm³/mol. The van der Waals surface area contributed by atoms with Gasteiger partial charge in [-0.25, -0.2) is 0 Å². The van der Waals surface area contributed by atoms with Crippen LogP contribution in [0.3, 0.4) is 0 Å². The third kappa shape index (κ3) is 4.44. The molecule has 0 amide bonds. The van der Waals surface area contributed by atoms with E-state index < -0.39 is 0 Å². The van der Waals surface area contributed by atoms with E-state index in [1.54, 1.807) is 0 Å². The number of rotatable bonds is 5. The molecule has 1 heterocycles. The molecule has 1 N–H and O–H groups in total. The summed E-state index contributed by atoms with van der Waals surface area (Å²) in [7, 11) is 0. The number of hydrogen-bond donors (Lipinski definition) is 1. The van der Waals surface area contributed by atoms with Crippen molar-refractivity contribution in [2.45, 2.75) is 63.5 Å². The average molecular weight is 266 g/mol. The van der Waals surface area contributed by atoms with Crippen molar-refractivity contribution in [1.29, 1.82) is 0 Å². The Hall–Kier alpha value is -0.120. The Morgan fingerprint density at radius 1 is 1.00 bits per heavy atom. The molecular weight excluding hydrogens is 236 g/mol. The maximum Gasteiger partial charge on any atom is 0.0597 e. The normalized spacial score (nSPS) is 31.3. The standard InChI is InChI=1S/C16H30N2O/c1-2-5-15(6-3-1)19-12-11-18-10-4-9-17-16(13-18)14-7-8-14/h14-17H,1-13H2. The molecule has 1 saturated heterocycles. The summed E-state index contributed by atoms with van der Waals surface area (Å²) in [6, 6.07) is 0.761. The van der Waals surface area contributed by atoms with E-state index in [1.807, 2.05) is 0 Å². The van der Waals surface area contributed by atoms with Gasteiger partial charge in [-0.05, 0) is 51.1 Å². The van der Waals surface area contributed by atoms with Crippen molar-refractivity contribution in [1.82, 2.24) is 10.2 Å². The molecule has 0 bridgehead atoms. The molecule has 2 saturated carbocycles. The molecule has 3 nitrogen and oxygen atoms in total. The van der Waals surface area contributed by atoms with Gasteiger partial charge >= 0.3 is 0 Å². The summed E-state index contributed by atoms with van der Waals surface area (Å²) < 4.78 is 6.08. The number of nitrogens with zero attached hydrogens (tertiary/aromatic N) is 1. The van der Waals surface area contributed by atoms with E-state index in [0.717, 1.165) is 25.1 Å². The molecule has 0 aromatic carbocycles. The lowest BCUT2D eigenvalue weighted by Gasteiger charge is -2.26. The molecule has 2 aliphatic carbocycles. The third-order valence-corrected chi connectivity index (χ3v) is 5.02. The van der Waals surface area contributed by atoms with Crippen LogP contribution in [-0.4, -0.2) is 49.8 Å². The largest absolute Gasteiger partial charge is 0.377 e. The van der Waals surface area contributed by atoms with Gasteiger partial charge in [-0.2, -0.15) is 0 Å². The number of hydrogen-bond acceptors (Lipinski definition) is 3. The second-order valence-electron chi connectivity index (χ2n) is 6.68. The van der Waals surface area contributed by atoms with Crippen LogP contribution in [0.2, 0.25) is 0 Å². The maximum absolute atomic E-state index is 6.08. The third-order valence-electron chi connectivity index (χ3n) is 5.02. The van der Waals surface area contributed by atoms with E-state index in [1.165, 1.54) is 71.0 Å². The summed E-state index contributed by atoms with van der Waals surface area (Å²) in [5.74, 6) is 0.972. The molecule has 19 heavy (non-hydrogen) atoms. The van der Waals surface area contributed by atoms with Gasteiger partial charge in [0.25, 0.3) is 0 Å². The Bertz CT molecular complexity index is 261. The first kappa shape index (κ1) is 13.8. The van der Waals surface area contributed by atoms with Gasteiger partial charge < -0.3 is 10.1 Å². The molecule has 3 heteroatoms. The Kier molecular flexibility index (Phi) is 5.14. The highest BCUT2D eigenvalue weighted by molar-refractivity contribution is 4.90. The van der Waals surface area contributed by atoms with Crippen molar-refractivity contribution in [2.75, 3.05) is 32.8 Å². The van der Waals surface area contributed by atoms with Crippen molar-refractivity contribution in [3.05, 3.63) is 0 Å². The molecule has 3 rings (SSSR count). The first-order valence-electron chi connectivity index (χ1n) is 8.49. The SMILES string of the molecule is C1CCC(OCCN2CCCNC(C3CC3)C2)CC1. The summed E-state index contributed by atoms with van der Waals surface area (Å²) in [6.45, 7) is 5.80. The summed E-state index contributed by atoms with van der Waals surface area (Å²) in [4.78, 5) is 2.63. The molecule has 0 spiro atoms. The van der Waals surface area contributed by atoms with Gasteiger partial charge in [0.2, 0.25) is 0 Å². The lowest BCUT2D eigenvalue weighted by molar-refractivity contribution is 0.0158. The fourth-order valence-corrected chi connectivity index (χ4v) is 3.62. The van der Waals surface area contributed by atoms with Crippen LogP contribution in [0, 0.1) is 5.92 Å². The van der Waals surface area contributed by atoms with Crippen LogP contribution >= 0.6 is 0 Å². The Balaban J connectivity index is 1.35. The molecule has 1 aliphatic heterocycles. The highest BCUT2D eigenvalue weighted by Crippen LogP contribution is 2.33. The van der Waals surface area contributed by atoms with E-state index in [2.05, 4.69) is 10.2 Å². The second-order valence-corrected chi connectivity index (χ2v) is 6.68. The molecule has 110 valence electrons. The lowest BCUT2D eigenvalue weighted by Crippen LogP contribution is -2.40. The summed E-state index contributed by atoms with van der Waals surface area (Å²) >= 11 is 0. The minimum atomic E-state index is 0.568. The summed E-state index contributed by atoms with van der Waals surface area (Å²) in [5, 5.41) is 3.73. The average Bonchev–Trinajstić information content (AvgIpc) is 3.27. The van der Waals surface area contributed by atoms with Gasteiger partial charge in [-0.1, -0.05) is 19.3 Å². The fourth-order valence-electron chi connectivity index (χ4n) is 3.62. The highest BCUT2D eigenvalue weighted by Gasteiger charge is 2.32. The van der Waals surface area contributed by atoms with Crippen molar-refractivity contribution >= 4 is 0 Å². The van der Waals surface area contributed by atoms with E-state index >= 15 is 0 Å². The first-order chi connectivity index (χ1) is 9.42. The smallest absolute Gasteiger partial charge is 0.0597 e. The van der Waals surface area contributed by atoms with Crippen molar-refractivity contribution in [2.24, 2.45) is 5.92 Å². The van der Waals surface area contributed by atoms with E-state index in [9.17, 15) is 0 Å². The van der Waals surface area contributed by atoms with Gasteiger partial charge in [-0.3, -0.25) is 4.90 Å². The zero-order chi connectivity index (χ0) is 12.9. The Morgan fingerprint density at radius 3 is 2.63 bits per heavy atom. The van der Waals surface area contributed by atoms with E-state index in [-0.39, 0.29) is 0 Å². The first-order valence-corrected chi connectivity index (χ1v) is 8.49.